The second-order valence-corrected chi connectivity index (χ2v) is 10.3. The minimum absolute atomic E-state index is 0.0715. The molecular weight excluding hydrogens is 372 g/mol. The van der Waals surface area contributed by atoms with Crippen LogP contribution < -0.4 is 11.1 Å². The van der Waals surface area contributed by atoms with Crippen molar-refractivity contribution < 1.29 is 23.8 Å². The first-order valence-electron chi connectivity index (χ1n) is 10.5. The van der Waals surface area contributed by atoms with Crippen molar-refractivity contribution in [3.05, 3.63) is 0 Å². The van der Waals surface area contributed by atoms with E-state index in [-0.39, 0.29) is 30.3 Å². The summed E-state index contributed by atoms with van der Waals surface area (Å²) >= 11 is 0. The average Bonchev–Trinajstić information content (AvgIpc) is 2.42. The fourth-order valence-electron chi connectivity index (χ4n) is 2.71. The summed E-state index contributed by atoms with van der Waals surface area (Å²) in [6.45, 7) is 18.4. The summed E-state index contributed by atoms with van der Waals surface area (Å²) in [6, 6.07) is 0. The van der Waals surface area contributed by atoms with Crippen LogP contribution in [0.15, 0.2) is 0 Å². The number of esters is 1. The van der Waals surface area contributed by atoms with Crippen molar-refractivity contribution in [3.63, 3.8) is 0 Å². The zero-order chi connectivity index (χ0) is 22.9. The van der Waals surface area contributed by atoms with Crippen LogP contribution in [0.4, 0.5) is 0 Å². The average molecular weight is 417 g/mol. The van der Waals surface area contributed by atoms with E-state index in [1.54, 1.807) is 6.92 Å². The third-order valence-electron chi connectivity index (χ3n) is 4.40. The molecule has 0 spiro atoms. The summed E-state index contributed by atoms with van der Waals surface area (Å²) < 4.78 is 16.7. The summed E-state index contributed by atoms with van der Waals surface area (Å²) in [5.74, 6) is -0.344. The molecule has 172 valence electrons. The van der Waals surface area contributed by atoms with Gasteiger partial charge in [-0.05, 0) is 75.2 Å². The minimum Gasteiger partial charge on any atom is -0.466 e. The zero-order valence-corrected chi connectivity index (χ0v) is 20.1. The molecule has 0 aromatic heterocycles. The Bertz CT molecular complexity index is 522. The van der Waals surface area contributed by atoms with Crippen LogP contribution in [0.2, 0.25) is 0 Å². The van der Waals surface area contributed by atoms with Crippen LogP contribution in [0.1, 0.15) is 88.0 Å². The van der Waals surface area contributed by atoms with Gasteiger partial charge in [0, 0.05) is 24.3 Å². The molecule has 0 heterocycles. The van der Waals surface area contributed by atoms with Crippen molar-refractivity contribution in [2.75, 3.05) is 19.8 Å². The van der Waals surface area contributed by atoms with Crippen molar-refractivity contribution in [2.24, 2.45) is 5.73 Å². The molecule has 0 fully saturated rings. The standard InChI is InChI=1S/C22H44N2O5/c1-10-27-18(26)16-22(8,9)29-14-12-20(4,5)24-17(25)15-21(6,7)28-13-11-19(2,3)23/h10-16,23H2,1-9H3,(H,24,25). The van der Waals surface area contributed by atoms with E-state index in [9.17, 15) is 9.59 Å². The lowest BCUT2D eigenvalue weighted by molar-refractivity contribution is -0.150. The van der Waals surface area contributed by atoms with E-state index in [0.29, 0.717) is 26.2 Å². The Morgan fingerprint density at radius 1 is 0.828 bits per heavy atom. The summed E-state index contributed by atoms with van der Waals surface area (Å²) in [6.07, 6.45) is 1.80. The molecule has 0 rings (SSSR count). The highest BCUT2D eigenvalue weighted by Crippen LogP contribution is 2.20. The third-order valence-corrected chi connectivity index (χ3v) is 4.40. The monoisotopic (exact) mass is 416 g/mol. The Balaban J connectivity index is 4.40. The van der Waals surface area contributed by atoms with Crippen LogP contribution in [-0.2, 0) is 23.8 Å². The van der Waals surface area contributed by atoms with E-state index in [4.69, 9.17) is 19.9 Å². The SMILES string of the molecule is CCOC(=O)CC(C)(C)OCCC(C)(C)NC(=O)CC(C)(C)OCCC(C)(C)N. The Kier molecular flexibility index (Phi) is 10.8. The Morgan fingerprint density at radius 3 is 1.79 bits per heavy atom. The quantitative estimate of drug-likeness (QED) is 0.421. The van der Waals surface area contributed by atoms with Gasteiger partial charge < -0.3 is 25.3 Å². The van der Waals surface area contributed by atoms with Crippen LogP contribution in [-0.4, -0.2) is 54.0 Å². The van der Waals surface area contributed by atoms with Gasteiger partial charge in [-0.3, -0.25) is 9.59 Å². The Labute approximate surface area is 177 Å². The second kappa shape index (κ2) is 11.3. The highest BCUT2D eigenvalue weighted by Gasteiger charge is 2.29. The van der Waals surface area contributed by atoms with Gasteiger partial charge in [0.15, 0.2) is 0 Å². The first-order valence-corrected chi connectivity index (χ1v) is 10.5. The summed E-state index contributed by atoms with van der Waals surface area (Å²) in [5.41, 5.74) is 4.06. The van der Waals surface area contributed by atoms with Crippen LogP contribution in [0.25, 0.3) is 0 Å². The molecule has 0 aliphatic heterocycles. The molecule has 0 aromatic rings. The summed E-state index contributed by atoms with van der Waals surface area (Å²) in [5, 5.41) is 3.05. The third kappa shape index (κ3) is 15.3. The maximum absolute atomic E-state index is 12.5. The first-order chi connectivity index (χ1) is 13.0. The molecule has 7 nitrogen and oxygen atoms in total. The van der Waals surface area contributed by atoms with Crippen molar-refractivity contribution in [2.45, 2.75) is 110 Å². The normalized spacial score (nSPS) is 13.3. The van der Waals surface area contributed by atoms with Gasteiger partial charge in [-0.1, -0.05) is 0 Å². The van der Waals surface area contributed by atoms with Gasteiger partial charge >= 0.3 is 5.97 Å². The molecule has 0 radical (unpaired) electrons. The molecule has 29 heavy (non-hydrogen) atoms. The molecule has 3 N–H and O–H groups in total. The van der Waals surface area contributed by atoms with Gasteiger partial charge in [0.1, 0.15) is 0 Å². The molecule has 0 bridgehead atoms. The largest absolute Gasteiger partial charge is 0.466 e. The van der Waals surface area contributed by atoms with Crippen molar-refractivity contribution in [3.8, 4) is 0 Å². The fraction of sp³-hybridized carbons (Fsp3) is 0.909. The van der Waals surface area contributed by atoms with Gasteiger partial charge in [0.25, 0.3) is 0 Å². The first kappa shape index (κ1) is 27.8. The van der Waals surface area contributed by atoms with Crippen molar-refractivity contribution in [1.29, 1.82) is 0 Å². The molecule has 0 saturated heterocycles. The predicted octanol–water partition coefficient (Wildman–Crippen LogP) is 3.33. The number of amides is 1. The fourth-order valence-corrected chi connectivity index (χ4v) is 2.71. The topological polar surface area (TPSA) is 99.9 Å². The second-order valence-electron chi connectivity index (χ2n) is 10.3. The lowest BCUT2D eigenvalue weighted by atomic mass is 9.98. The van der Waals surface area contributed by atoms with E-state index < -0.39 is 16.7 Å². The van der Waals surface area contributed by atoms with Crippen molar-refractivity contribution in [1.82, 2.24) is 5.32 Å². The van der Waals surface area contributed by atoms with Gasteiger partial charge in [0.2, 0.25) is 5.91 Å². The van der Waals surface area contributed by atoms with E-state index >= 15 is 0 Å². The predicted molar refractivity (Wildman–Crippen MR) is 116 cm³/mol. The Morgan fingerprint density at radius 2 is 1.31 bits per heavy atom. The summed E-state index contributed by atoms with van der Waals surface area (Å²) in [4.78, 5) is 24.1. The van der Waals surface area contributed by atoms with E-state index in [0.717, 1.165) is 6.42 Å². The number of ether oxygens (including phenoxy) is 3. The van der Waals surface area contributed by atoms with Gasteiger partial charge in [-0.25, -0.2) is 0 Å². The number of nitrogens with two attached hydrogens (primary N) is 1. The molecule has 0 unspecified atom stereocenters. The van der Waals surface area contributed by atoms with Crippen LogP contribution in [0.5, 0.6) is 0 Å². The number of carbonyl (C=O) groups is 2. The number of rotatable bonds is 14. The lowest BCUT2D eigenvalue weighted by Gasteiger charge is -2.32. The number of hydrogen-bond acceptors (Lipinski definition) is 6. The molecule has 0 aliphatic carbocycles. The van der Waals surface area contributed by atoms with E-state index in [1.807, 2.05) is 55.4 Å². The Hall–Kier alpha value is -1.18. The van der Waals surface area contributed by atoms with Crippen molar-refractivity contribution >= 4 is 11.9 Å². The lowest BCUT2D eigenvalue weighted by Crippen LogP contribution is -2.47. The van der Waals surface area contributed by atoms with E-state index in [2.05, 4.69) is 5.32 Å². The number of carbonyl (C=O) groups excluding carboxylic acids is 2. The molecule has 0 atom stereocenters. The molecule has 7 heteroatoms. The molecule has 0 aromatic carbocycles. The molecule has 0 saturated carbocycles. The minimum atomic E-state index is -0.612. The number of hydrogen-bond donors (Lipinski definition) is 2. The van der Waals surface area contributed by atoms with Crippen LogP contribution in [0, 0.1) is 0 Å². The summed E-state index contributed by atoms with van der Waals surface area (Å²) in [7, 11) is 0. The van der Waals surface area contributed by atoms with Crippen LogP contribution in [0.3, 0.4) is 0 Å². The van der Waals surface area contributed by atoms with Gasteiger partial charge in [0.05, 0.1) is 30.7 Å². The molecule has 0 aliphatic rings. The molecular formula is C22H44N2O5. The maximum atomic E-state index is 12.5. The highest BCUT2D eigenvalue weighted by molar-refractivity contribution is 5.77. The van der Waals surface area contributed by atoms with Crippen LogP contribution >= 0.6 is 0 Å². The number of nitrogens with one attached hydrogen (secondary N) is 1. The van der Waals surface area contributed by atoms with Gasteiger partial charge in [-0.15, -0.1) is 0 Å². The highest BCUT2D eigenvalue weighted by atomic mass is 16.5. The smallest absolute Gasteiger partial charge is 0.308 e. The van der Waals surface area contributed by atoms with E-state index in [1.165, 1.54) is 0 Å². The maximum Gasteiger partial charge on any atom is 0.308 e. The zero-order valence-electron chi connectivity index (χ0n) is 20.1. The van der Waals surface area contributed by atoms with Gasteiger partial charge in [-0.2, -0.15) is 0 Å². The molecule has 1 amide bonds.